The molecule has 0 heterocycles. The topological polar surface area (TPSA) is 327 Å². The van der Waals surface area contributed by atoms with Crippen LogP contribution < -0.4 is 27.0 Å². The fraction of sp³-hybridized carbons (Fsp3) is 0.578. The molecule has 406 valence electrons. The fourth-order valence-electron chi connectivity index (χ4n) is 3.88. The zero-order valence-corrected chi connectivity index (χ0v) is 45.3. The number of esters is 3. The number of nitriles is 1. The van der Waals surface area contributed by atoms with Gasteiger partial charge in [-0.25, -0.2) is 24.0 Å². The van der Waals surface area contributed by atoms with E-state index in [-0.39, 0.29) is 56.8 Å². The minimum Gasteiger partial charge on any atom is -0.462 e. The zero-order chi connectivity index (χ0) is 55.5. The molecular formula is C45H80N6O18Si2. The molecule has 0 aromatic carbocycles. The standard InChI is InChI=1S/C17H32N2O7Si.C11H16N2O4.C7H11NO3.C6H16O3Si.C4H5NO/c1-6-24-27(25-7-2,26-8-3)13-9-11-18-17(22)19-15(20)10-12-23-16(21)14(4)5;1-4-6-12-11(16)13-9(14)5-7-17-10(15)8(2)3;1-5(2)7(10)11-4-3-6(8)9;1-4-7-10(8-5-2)9-6-3;1-2-3-6-4-5/h4,6-13H2,1-3,5H3,(H2,18,19,20,22);4H,1-2,5-7H2,3H3,(H2,12,13,14,16);1,3-4H2,2H3,(H2,8,9);10H,4-6H2,1-3H3;2H,1,3H2. The molecule has 0 aromatic rings. The van der Waals surface area contributed by atoms with Crippen LogP contribution >= 0.6 is 0 Å². The summed E-state index contributed by atoms with van der Waals surface area (Å²) in [5, 5.41) is 16.9. The summed E-state index contributed by atoms with van der Waals surface area (Å²) in [6.45, 7) is 37.2. The predicted molar refractivity (Wildman–Crippen MR) is 267 cm³/mol. The second-order valence-electron chi connectivity index (χ2n) is 13.2. The Labute approximate surface area is 422 Å². The molecule has 24 nitrogen and oxygen atoms in total. The Morgan fingerprint density at radius 1 is 0.606 bits per heavy atom. The molecule has 0 atom stereocenters. The second kappa shape index (κ2) is 51.8. The molecule has 0 aliphatic heterocycles. The van der Waals surface area contributed by atoms with Gasteiger partial charge in [-0.3, -0.25) is 25.0 Å². The highest BCUT2D eigenvalue weighted by Crippen LogP contribution is 2.17. The number of hydrogen-bond donors (Lipinski definition) is 5. The van der Waals surface area contributed by atoms with Gasteiger partial charge in [-0.05, 0) is 68.7 Å². The number of nitrogens with zero attached hydrogens (tertiary/aromatic N) is 1. The van der Waals surface area contributed by atoms with Gasteiger partial charge in [0.25, 0.3) is 6.26 Å². The Morgan fingerprint density at radius 3 is 1.28 bits per heavy atom. The van der Waals surface area contributed by atoms with Crippen LogP contribution in [-0.2, 0) is 74.3 Å². The van der Waals surface area contributed by atoms with Crippen LogP contribution in [-0.4, -0.2) is 145 Å². The lowest BCUT2D eigenvalue weighted by Gasteiger charge is -2.28. The summed E-state index contributed by atoms with van der Waals surface area (Å²) in [7, 11) is -4.47. The van der Waals surface area contributed by atoms with Crippen LogP contribution in [0.3, 0.4) is 0 Å². The highest BCUT2D eigenvalue weighted by atomic mass is 28.4. The Kier molecular flexibility index (Phi) is 53.9. The summed E-state index contributed by atoms with van der Waals surface area (Å²) < 4.78 is 51.1. The number of carbonyl (C=O) groups excluding carboxylic acids is 8. The van der Waals surface area contributed by atoms with Crippen molar-refractivity contribution in [3.63, 3.8) is 0 Å². The van der Waals surface area contributed by atoms with Gasteiger partial charge in [0, 0.05) is 75.5 Å². The highest BCUT2D eigenvalue weighted by Gasteiger charge is 2.39. The van der Waals surface area contributed by atoms with Gasteiger partial charge in [0.05, 0.1) is 19.3 Å². The summed E-state index contributed by atoms with van der Waals surface area (Å²) in [4.78, 5) is 88.4. The van der Waals surface area contributed by atoms with E-state index < -0.39 is 66.0 Å². The third-order valence-electron chi connectivity index (χ3n) is 6.88. The molecular weight excluding hydrogens is 969 g/mol. The molecule has 0 saturated carbocycles. The zero-order valence-electron chi connectivity index (χ0n) is 43.2. The van der Waals surface area contributed by atoms with Gasteiger partial charge >= 0.3 is 48.3 Å². The van der Waals surface area contributed by atoms with Crippen LogP contribution in [0.4, 0.5) is 9.59 Å². The molecule has 0 saturated heterocycles. The summed E-state index contributed by atoms with van der Waals surface area (Å²) in [5.74, 6) is -3.18. The molecule has 7 amide bonds. The summed E-state index contributed by atoms with van der Waals surface area (Å²) in [6.07, 6.45) is 4.95. The third-order valence-corrected chi connectivity index (χ3v) is 11.8. The maximum atomic E-state index is 11.7. The Bertz CT molecular complexity index is 1630. The van der Waals surface area contributed by atoms with Crippen LogP contribution in [0.25, 0.3) is 0 Å². The average molecular weight is 1050 g/mol. The normalized spacial score (nSPS) is 9.70. The fourth-order valence-corrected chi connectivity index (χ4v) is 7.59. The van der Waals surface area contributed by atoms with Crippen molar-refractivity contribution in [1.82, 2.24) is 21.3 Å². The van der Waals surface area contributed by atoms with Crippen molar-refractivity contribution in [2.24, 2.45) is 5.73 Å². The van der Waals surface area contributed by atoms with E-state index in [0.29, 0.717) is 70.8 Å². The van der Waals surface area contributed by atoms with Crippen molar-refractivity contribution in [1.29, 1.82) is 5.26 Å². The van der Waals surface area contributed by atoms with Crippen LogP contribution in [0.1, 0.15) is 88.0 Å². The number of amides is 7. The number of rotatable bonds is 32. The summed E-state index contributed by atoms with van der Waals surface area (Å²) in [5.41, 5.74) is 5.62. The van der Waals surface area contributed by atoms with Crippen LogP contribution in [0.5, 0.6) is 0 Å². The number of urea groups is 2. The van der Waals surface area contributed by atoms with Crippen molar-refractivity contribution in [3.05, 3.63) is 61.8 Å². The molecule has 0 radical (unpaired) electrons. The molecule has 0 aromatic heterocycles. The Morgan fingerprint density at radius 2 is 0.986 bits per heavy atom. The summed E-state index contributed by atoms with van der Waals surface area (Å²) >= 11 is 0. The lowest BCUT2D eigenvalue weighted by Crippen LogP contribution is -2.47. The van der Waals surface area contributed by atoms with Gasteiger partial charge in [-0.2, -0.15) is 5.26 Å². The van der Waals surface area contributed by atoms with Crippen LogP contribution in [0.15, 0.2) is 61.8 Å². The largest absolute Gasteiger partial charge is 0.500 e. The number of imide groups is 2. The molecule has 6 N–H and O–H groups in total. The molecule has 26 heteroatoms. The van der Waals surface area contributed by atoms with Crippen molar-refractivity contribution in [2.75, 3.05) is 79.2 Å². The molecule has 71 heavy (non-hydrogen) atoms. The average Bonchev–Trinajstić information content (AvgIpc) is 3.30. The molecule has 0 bridgehead atoms. The number of primary amides is 1. The molecule has 0 aliphatic rings. The van der Waals surface area contributed by atoms with Crippen molar-refractivity contribution in [2.45, 2.75) is 94.0 Å². The maximum absolute atomic E-state index is 11.7. The second-order valence-corrected chi connectivity index (χ2v) is 17.6. The van der Waals surface area contributed by atoms with E-state index in [1.54, 1.807) is 0 Å². The monoisotopic (exact) mass is 1050 g/mol. The minimum absolute atomic E-state index is 0.0288. The van der Waals surface area contributed by atoms with Crippen molar-refractivity contribution < 1.29 is 83.9 Å². The highest BCUT2D eigenvalue weighted by molar-refractivity contribution is 6.60. The molecule has 0 aliphatic carbocycles. The number of ether oxygens (including phenoxy) is 4. The third kappa shape index (κ3) is 53.1. The predicted octanol–water partition coefficient (Wildman–Crippen LogP) is 3.73. The minimum atomic E-state index is -2.73. The maximum Gasteiger partial charge on any atom is 0.500 e. The van der Waals surface area contributed by atoms with Gasteiger partial charge < -0.3 is 61.9 Å². The van der Waals surface area contributed by atoms with E-state index in [4.69, 9.17) is 42.3 Å². The van der Waals surface area contributed by atoms with Gasteiger partial charge in [0.2, 0.25) is 17.7 Å². The first-order valence-corrected chi connectivity index (χ1v) is 25.8. The number of nitrogens with one attached hydrogen (secondary N) is 4. The van der Waals surface area contributed by atoms with E-state index in [0.717, 1.165) is 0 Å². The first-order valence-electron chi connectivity index (χ1n) is 22.5. The lowest BCUT2D eigenvalue weighted by atomic mass is 10.3. The SMILES string of the molecule is C=C(C)C(=O)OCCC(=O)NC(=O)NCCC[Si](OCC)(OCC)OCC.C=C(C)C(=O)OCCC(N)=O.C=CCNC(=O)NC(=O)CCOC(=O)C(=C)C.C=CCOC#N.CCO[SiH](OCC)OCC. The van der Waals surface area contributed by atoms with Crippen LogP contribution in [0, 0.1) is 11.5 Å². The molecule has 0 fully saturated rings. The molecule has 0 spiro atoms. The molecule has 0 rings (SSSR count). The number of nitrogens with two attached hydrogens (primary N) is 1. The van der Waals surface area contributed by atoms with Gasteiger partial charge in [0.1, 0.15) is 26.4 Å². The Balaban J connectivity index is -0.000000281. The van der Waals surface area contributed by atoms with E-state index >= 15 is 0 Å². The van der Waals surface area contributed by atoms with E-state index in [1.807, 2.05) is 41.5 Å². The number of carbonyl (C=O) groups is 8. The van der Waals surface area contributed by atoms with Gasteiger partial charge in [-0.1, -0.05) is 38.5 Å². The van der Waals surface area contributed by atoms with Crippen molar-refractivity contribution in [3.8, 4) is 6.26 Å². The smallest absolute Gasteiger partial charge is 0.462 e. The first kappa shape index (κ1) is 73.9. The first-order chi connectivity index (χ1) is 33.6. The van der Waals surface area contributed by atoms with Gasteiger partial charge in [0.15, 0.2) is 0 Å². The Hall–Kier alpha value is -6.06. The van der Waals surface area contributed by atoms with E-state index in [9.17, 15) is 38.4 Å². The van der Waals surface area contributed by atoms with Crippen molar-refractivity contribution >= 4 is 66.0 Å². The van der Waals surface area contributed by atoms with Gasteiger partial charge in [-0.15, -0.1) is 6.58 Å². The lowest BCUT2D eigenvalue weighted by molar-refractivity contribution is -0.141. The van der Waals surface area contributed by atoms with Crippen LogP contribution in [0.2, 0.25) is 6.04 Å². The molecule has 0 unspecified atom stereocenters. The number of hydrogen-bond acceptors (Lipinski definition) is 19. The summed E-state index contributed by atoms with van der Waals surface area (Å²) in [6, 6.07) is -0.656. The van der Waals surface area contributed by atoms with E-state index in [2.05, 4.69) is 68.4 Å². The quantitative estimate of drug-likeness (QED) is 0.0122. The van der Waals surface area contributed by atoms with E-state index in [1.165, 1.54) is 39.2 Å².